The van der Waals surface area contributed by atoms with Crippen molar-refractivity contribution in [3.8, 4) is 6.01 Å². The molecule has 0 bridgehead atoms. The SMILES string of the molecule is CCCOc1nc(Cl)nc(NCCOCC2CC2)n1. The van der Waals surface area contributed by atoms with Gasteiger partial charge >= 0.3 is 6.01 Å². The molecule has 7 heteroatoms. The maximum Gasteiger partial charge on any atom is 0.322 e. The van der Waals surface area contributed by atoms with Crippen LogP contribution in [0.4, 0.5) is 5.95 Å². The van der Waals surface area contributed by atoms with E-state index in [0.717, 1.165) is 18.9 Å². The molecule has 0 aliphatic heterocycles. The van der Waals surface area contributed by atoms with Crippen LogP contribution in [0.5, 0.6) is 6.01 Å². The van der Waals surface area contributed by atoms with E-state index < -0.39 is 0 Å². The van der Waals surface area contributed by atoms with Crippen molar-refractivity contribution >= 4 is 17.5 Å². The number of hydrogen-bond donors (Lipinski definition) is 1. The first kappa shape index (κ1) is 14.3. The quantitative estimate of drug-likeness (QED) is 0.702. The molecule has 1 saturated carbocycles. The van der Waals surface area contributed by atoms with Crippen molar-refractivity contribution < 1.29 is 9.47 Å². The first-order valence-corrected chi connectivity index (χ1v) is 7.01. The second-order valence-electron chi connectivity index (χ2n) is 4.50. The van der Waals surface area contributed by atoms with Gasteiger partial charge in [0.25, 0.3) is 0 Å². The summed E-state index contributed by atoms with van der Waals surface area (Å²) in [6.45, 7) is 4.69. The lowest BCUT2D eigenvalue weighted by atomic mass is 10.5. The molecule has 0 spiro atoms. The third kappa shape index (κ3) is 5.57. The van der Waals surface area contributed by atoms with Crippen molar-refractivity contribution in [2.75, 3.05) is 31.7 Å². The molecule has 0 atom stereocenters. The average molecular weight is 287 g/mol. The maximum atomic E-state index is 5.81. The number of rotatable bonds is 9. The molecule has 1 aliphatic carbocycles. The molecule has 0 saturated heterocycles. The summed E-state index contributed by atoms with van der Waals surface area (Å²) < 4.78 is 10.8. The van der Waals surface area contributed by atoms with Crippen LogP contribution >= 0.6 is 11.6 Å². The van der Waals surface area contributed by atoms with Gasteiger partial charge in [-0.05, 0) is 36.8 Å². The van der Waals surface area contributed by atoms with Crippen LogP contribution in [0, 0.1) is 5.92 Å². The predicted octanol–water partition coefficient (Wildman–Crippen LogP) is 2.15. The van der Waals surface area contributed by atoms with Crippen LogP contribution in [-0.4, -0.2) is 41.3 Å². The van der Waals surface area contributed by atoms with Crippen LogP contribution in [-0.2, 0) is 4.74 Å². The molecule has 1 N–H and O–H groups in total. The van der Waals surface area contributed by atoms with Gasteiger partial charge < -0.3 is 14.8 Å². The molecule has 0 aromatic carbocycles. The number of hydrogen-bond acceptors (Lipinski definition) is 6. The first-order chi connectivity index (χ1) is 9.28. The molecule has 19 heavy (non-hydrogen) atoms. The average Bonchev–Trinajstić information content (AvgIpc) is 3.19. The molecule has 106 valence electrons. The fourth-order valence-corrected chi connectivity index (χ4v) is 1.59. The minimum atomic E-state index is 0.127. The summed E-state index contributed by atoms with van der Waals surface area (Å²) in [6.07, 6.45) is 3.49. The largest absolute Gasteiger partial charge is 0.463 e. The summed E-state index contributed by atoms with van der Waals surface area (Å²) in [4.78, 5) is 12.0. The fourth-order valence-electron chi connectivity index (χ4n) is 1.44. The molecule has 2 rings (SSSR count). The van der Waals surface area contributed by atoms with Gasteiger partial charge in [0.05, 0.1) is 13.2 Å². The van der Waals surface area contributed by atoms with Gasteiger partial charge in [-0.1, -0.05) is 6.92 Å². The molecule has 1 heterocycles. The molecule has 1 aliphatic rings. The summed E-state index contributed by atoms with van der Waals surface area (Å²) in [6, 6.07) is 0.253. The predicted molar refractivity (Wildman–Crippen MR) is 72.7 cm³/mol. The van der Waals surface area contributed by atoms with Crippen LogP contribution in [0.3, 0.4) is 0 Å². The monoisotopic (exact) mass is 286 g/mol. The van der Waals surface area contributed by atoms with E-state index in [9.17, 15) is 0 Å². The normalized spacial score (nSPS) is 14.4. The highest BCUT2D eigenvalue weighted by atomic mass is 35.5. The molecule has 1 fully saturated rings. The summed E-state index contributed by atoms with van der Waals surface area (Å²) in [5.41, 5.74) is 0. The Balaban J connectivity index is 1.72. The van der Waals surface area contributed by atoms with Gasteiger partial charge in [0, 0.05) is 13.2 Å². The van der Waals surface area contributed by atoms with Crippen molar-refractivity contribution in [2.45, 2.75) is 26.2 Å². The van der Waals surface area contributed by atoms with Crippen molar-refractivity contribution in [3.05, 3.63) is 5.28 Å². The van der Waals surface area contributed by atoms with Gasteiger partial charge in [-0.3, -0.25) is 0 Å². The number of nitrogens with one attached hydrogen (secondary N) is 1. The van der Waals surface area contributed by atoms with Gasteiger partial charge in [-0.2, -0.15) is 15.0 Å². The lowest BCUT2D eigenvalue weighted by Crippen LogP contribution is -2.13. The zero-order valence-corrected chi connectivity index (χ0v) is 11.8. The summed E-state index contributed by atoms with van der Waals surface area (Å²) >= 11 is 5.81. The Morgan fingerprint density at radius 3 is 2.84 bits per heavy atom. The fraction of sp³-hybridized carbons (Fsp3) is 0.750. The van der Waals surface area contributed by atoms with Crippen LogP contribution < -0.4 is 10.1 Å². The molecule has 0 radical (unpaired) electrons. The van der Waals surface area contributed by atoms with Crippen molar-refractivity contribution in [1.82, 2.24) is 15.0 Å². The van der Waals surface area contributed by atoms with E-state index in [0.29, 0.717) is 25.7 Å². The van der Waals surface area contributed by atoms with Crippen LogP contribution in [0.25, 0.3) is 0 Å². The molecule has 0 amide bonds. The zero-order valence-electron chi connectivity index (χ0n) is 11.1. The topological polar surface area (TPSA) is 69.2 Å². The zero-order chi connectivity index (χ0) is 13.5. The van der Waals surface area contributed by atoms with E-state index >= 15 is 0 Å². The van der Waals surface area contributed by atoms with Crippen molar-refractivity contribution in [1.29, 1.82) is 0 Å². The van der Waals surface area contributed by atoms with Crippen LogP contribution in [0.1, 0.15) is 26.2 Å². The van der Waals surface area contributed by atoms with E-state index in [1.165, 1.54) is 12.8 Å². The molecule has 6 nitrogen and oxygen atoms in total. The Bertz CT molecular complexity index is 401. The van der Waals surface area contributed by atoms with Gasteiger partial charge in [-0.15, -0.1) is 0 Å². The van der Waals surface area contributed by atoms with E-state index in [1.807, 2.05) is 6.92 Å². The maximum absolute atomic E-state index is 5.81. The molecule has 1 aromatic rings. The second kappa shape index (κ2) is 7.45. The van der Waals surface area contributed by atoms with E-state index in [1.54, 1.807) is 0 Å². The Kier molecular flexibility index (Phi) is 5.60. The number of ether oxygens (including phenoxy) is 2. The highest BCUT2D eigenvalue weighted by Crippen LogP contribution is 2.28. The number of anilines is 1. The number of halogens is 1. The lowest BCUT2D eigenvalue weighted by Gasteiger charge is -2.07. The van der Waals surface area contributed by atoms with Gasteiger partial charge in [-0.25, -0.2) is 0 Å². The number of nitrogens with zero attached hydrogens (tertiary/aromatic N) is 3. The molecular formula is C12H19ClN4O2. The minimum absolute atomic E-state index is 0.127. The summed E-state index contributed by atoms with van der Waals surface area (Å²) in [5, 5.41) is 3.17. The van der Waals surface area contributed by atoms with E-state index in [4.69, 9.17) is 21.1 Å². The van der Waals surface area contributed by atoms with Crippen LogP contribution in [0.2, 0.25) is 5.28 Å². The summed E-state index contributed by atoms with van der Waals surface area (Å²) in [7, 11) is 0. The third-order valence-electron chi connectivity index (χ3n) is 2.60. The Morgan fingerprint density at radius 2 is 2.11 bits per heavy atom. The lowest BCUT2D eigenvalue weighted by molar-refractivity contribution is 0.133. The minimum Gasteiger partial charge on any atom is -0.463 e. The Hall–Kier alpha value is -1.14. The van der Waals surface area contributed by atoms with E-state index in [2.05, 4.69) is 20.3 Å². The number of aromatic nitrogens is 3. The molecule has 1 aromatic heterocycles. The van der Waals surface area contributed by atoms with Gasteiger partial charge in [0.15, 0.2) is 0 Å². The molecule has 0 unspecified atom stereocenters. The van der Waals surface area contributed by atoms with E-state index in [-0.39, 0.29) is 11.3 Å². The smallest absolute Gasteiger partial charge is 0.322 e. The standard InChI is InChI=1S/C12H19ClN4O2/c1-2-6-19-12-16-10(13)15-11(17-12)14-5-7-18-8-9-3-4-9/h9H,2-8H2,1H3,(H,14,15,16,17). The van der Waals surface area contributed by atoms with Gasteiger partial charge in [0.2, 0.25) is 11.2 Å². The van der Waals surface area contributed by atoms with Crippen molar-refractivity contribution in [2.24, 2.45) is 5.92 Å². The second-order valence-corrected chi connectivity index (χ2v) is 4.84. The Labute approximate surface area is 117 Å². The third-order valence-corrected chi connectivity index (χ3v) is 2.77. The summed E-state index contributed by atoms with van der Waals surface area (Å²) in [5.74, 6) is 1.20. The van der Waals surface area contributed by atoms with Gasteiger partial charge in [0.1, 0.15) is 0 Å². The highest BCUT2D eigenvalue weighted by molar-refractivity contribution is 6.28. The van der Waals surface area contributed by atoms with Crippen LogP contribution in [0.15, 0.2) is 0 Å². The first-order valence-electron chi connectivity index (χ1n) is 6.64. The molecular weight excluding hydrogens is 268 g/mol. The highest BCUT2D eigenvalue weighted by Gasteiger charge is 2.20. The Morgan fingerprint density at radius 1 is 1.26 bits per heavy atom. The van der Waals surface area contributed by atoms with Crippen molar-refractivity contribution in [3.63, 3.8) is 0 Å².